The predicted octanol–water partition coefficient (Wildman–Crippen LogP) is 0.727. The van der Waals surface area contributed by atoms with Crippen LogP contribution in [-0.4, -0.2) is 20.3 Å². The lowest BCUT2D eigenvalue weighted by atomic mass is 10.4. The second kappa shape index (κ2) is 4.31. The zero-order valence-electron chi connectivity index (χ0n) is 8.32. The first kappa shape index (κ1) is 10.6. The standard InChI is InChI=1S/C8H8ClN5O2/c1-4-12-6(16-14-4)3-10-5-2-11-13-8(15)7(5)9/h2H,3H2,1H3,(H2,10,13,15). The summed E-state index contributed by atoms with van der Waals surface area (Å²) in [6, 6.07) is 0. The minimum Gasteiger partial charge on any atom is -0.373 e. The fraction of sp³-hybridized carbons (Fsp3) is 0.250. The van der Waals surface area contributed by atoms with Crippen molar-refractivity contribution in [1.82, 2.24) is 20.3 Å². The molecule has 0 unspecified atom stereocenters. The maximum absolute atomic E-state index is 11.1. The van der Waals surface area contributed by atoms with Crippen molar-refractivity contribution in [3.8, 4) is 0 Å². The van der Waals surface area contributed by atoms with Crippen LogP contribution < -0.4 is 10.9 Å². The minimum atomic E-state index is -0.451. The third-order valence-electron chi connectivity index (χ3n) is 1.80. The van der Waals surface area contributed by atoms with E-state index in [2.05, 4.69) is 25.7 Å². The van der Waals surface area contributed by atoms with Gasteiger partial charge >= 0.3 is 0 Å². The van der Waals surface area contributed by atoms with Gasteiger partial charge < -0.3 is 9.84 Å². The largest absolute Gasteiger partial charge is 0.373 e. The van der Waals surface area contributed by atoms with E-state index >= 15 is 0 Å². The number of nitrogens with one attached hydrogen (secondary N) is 2. The van der Waals surface area contributed by atoms with Gasteiger partial charge in [0.25, 0.3) is 5.56 Å². The smallest absolute Gasteiger partial charge is 0.285 e. The van der Waals surface area contributed by atoms with Crippen LogP contribution in [0.4, 0.5) is 5.69 Å². The minimum absolute atomic E-state index is 0.0474. The van der Waals surface area contributed by atoms with Crippen LogP contribution in [0.15, 0.2) is 15.5 Å². The molecule has 2 heterocycles. The number of aromatic nitrogens is 4. The van der Waals surface area contributed by atoms with E-state index < -0.39 is 5.56 Å². The summed E-state index contributed by atoms with van der Waals surface area (Å²) in [5, 5.41) is 12.4. The van der Waals surface area contributed by atoms with Gasteiger partial charge in [-0.2, -0.15) is 10.1 Å². The van der Waals surface area contributed by atoms with Crippen molar-refractivity contribution >= 4 is 17.3 Å². The maximum Gasteiger partial charge on any atom is 0.285 e. The summed E-state index contributed by atoms with van der Waals surface area (Å²) in [6.45, 7) is 2.00. The highest BCUT2D eigenvalue weighted by Crippen LogP contribution is 2.14. The van der Waals surface area contributed by atoms with Crippen LogP contribution in [0.25, 0.3) is 0 Å². The predicted molar refractivity (Wildman–Crippen MR) is 56.2 cm³/mol. The molecule has 0 saturated carbocycles. The molecule has 0 aromatic carbocycles. The molecular formula is C8H8ClN5O2. The number of hydrogen-bond acceptors (Lipinski definition) is 6. The molecule has 7 nitrogen and oxygen atoms in total. The first-order chi connectivity index (χ1) is 7.66. The topological polar surface area (TPSA) is 96.7 Å². The number of H-pyrrole nitrogens is 1. The highest BCUT2D eigenvalue weighted by Gasteiger charge is 2.06. The lowest BCUT2D eigenvalue weighted by molar-refractivity contribution is 0.379. The molecule has 0 radical (unpaired) electrons. The zero-order valence-corrected chi connectivity index (χ0v) is 9.08. The molecular weight excluding hydrogens is 234 g/mol. The Morgan fingerprint density at radius 3 is 3.12 bits per heavy atom. The molecule has 2 aromatic rings. The van der Waals surface area contributed by atoms with E-state index in [0.29, 0.717) is 17.4 Å². The molecule has 16 heavy (non-hydrogen) atoms. The van der Waals surface area contributed by atoms with Crippen molar-refractivity contribution in [2.75, 3.05) is 5.32 Å². The van der Waals surface area contributed by atoms with E-state index in [9.17, 15) is 4.79 Å². The third-order valence-corrected chi connectivity index (χ3v) is 2.17. The molecule has 0 amide bonds. The van der Waals surface area contributed by atoms with Crippen LogP contribution in [0.3, 0.4) is 0 Å². The summed E-state index contributed by atoms with van der Waals surface area (Å²) in [6.07, 6.45) is 1.41. The first-order valence-electron chi connectivity index (χ1n) is 4.43. The third kappa shape index (κ3) is 2.19. The molecule has 0 fully saturated rings. The van der Waals surface area contributed by atoms with Crippen molar-refractivity contribution < 1.29 is 4.52 Å². The number of aryl methyl sites for hydroxylation is 1. The maximum atomic E-state index is 11.1. The number of hydrogen-bond donors (Lipinski definition) is 2. The average Bonchev–Trinajstić information content (AvgIpc) is 2.67. The van der Waals surface area contributed by atoms with E-state index in [4.69, 9.17) is 16.1 Å². The Bertz CT molecular complexity index is 549. The quantitative estimate of drug-likeness (QED) is 0.822. The van der Waals surface area contributed by atoms with Gasteiger partial charge in [0, 0.05) is 0 Å². The Labute approximate surface area is 94.8 Å². The molecule has 0 aliphatic carbocycles. The number of nitrogens with zero attached hydrogens (tertiary/aromatic N) is 3. The van der Waals surface area contributed by atoms with Crippen LogP contribution in [0.2, 0.25) is 5.02 Å². The Hall–Kier alpha value is -1.89. The van der Waals surface area contributed by atoms with Gasteiger partial charge in [-0.3, -0.25) is 4.79 Å². The van der Waals surface area contributed by atoms with Crippen molar-refractivity contribution in [1.29, 1.82) is 0 Å². The average molecular weight is 242 g/mol. The normalized spacial score (nSPS) is 10.4. The van der Waals surface area contributed by atoms with Gasteiger partial charge in [0.2, 0.25) is 5.89 Å². The highest BCUT2D eigenvalue weighted by atomic mass is 35.5. The van der Waals surface area contributed by atoms with Crippen LogP contribution in [0.5, 0.6) is 0 Å². The SMILES string of the molecule is Cc1noc(CNc2cn[nH]c(=O)c2Cl)n1. The van der Waals surface area contributed by atoms with Gasteiger partial charge in [-0.1, -0.05) is 16.8 Å². The van der Waals surface area contributed by atoms with E-state index in [-0.39, 0.29) is 11.6 Å². The summed E-state index contributed by atoms with van der Waals surface area (Å²) in [7, 11) is 0. The van der Waals surface area contributed by atoms with Crippen molar-refractivity contribution in [3.05, 3.63) is 33.3 Å². The summed E-state index contributed by atoms with van der Waals surface area (Å²) >= 11 is 5.75. The molecule has 0 spiro atoms. The lowest BCUT2D eigenvalue weighted by Crippen LogP contribution is -2.11. The fourth-order valence-electron chi connectivity index (χ4n) is 1.09. The molecule has 0 aliphatic rings. The van der Waals surface area contributed by atoms with E-state index in [1.54, 1.807) is 6.92 Å². The van der Waals surface area contributed by atoms with Crippen LogP contribution in [-0.2, 0) is 6.54 Å². The summed E-state index contributed by atoms with van der Waals surface area (Å²) in [4.78, 5) is 15.1. The van der Waals surface area contributed by atoms with E-state index in [1.165, 1.54) is 6.20 Å². The number of aromatic amines is 1. The van der Waals surface area contributed by atoms with Crippen LogP contribution in [0, 0.1) is 6.92 Å². The highest BCUT2D eigenvalue weighted by molar-refractivity contribution is 6.32. The number of halogens is 1. The zero-order chi connectivity index (χ0) is 11.5. The van der Waals surface area contributed by atoms with Crippen LogP contribution in [0.1, 0.15) is 11.7 Å². The van der Waals surface area contributed by atoms with E-state index in [0.717, 1.165) is 0 Å². The van der Waals surface area contributed by atoms with Gasteiger partial charge in [0.15, 0.2) is 5.82 Å². The summed E-state index contributed by atoms with van der Waals surface area (Å²) in [5.74, 6) is 0.959. The van der Waals surface area contributed by atoms with E-state index in [1.807, 2.05) is 0 Å². The Balaban J connectivity index is 2.10. The van der Waals surface area contributed by atoms with Crippen LogP contribution >= 0.6 is 11.6 Å². The monoisotopic (exact) mass is 241 g/mol. The summed E-state index contributed by atoms with van der Waals surface area (Å²) < 4.78 is 4.88. The summed E-state index contributed by atoms with van der Waals surface area (Å²) in [5.41, 5.74) is -0.0327. The molecule has 2 aromatic heterocycles. The van der Waals surface area contributed by atoms with Gasteiger partial charge in [0.05, 0.1) is 18.4 Å². The second-order valence-corrected chi connectivity index (χ2v) is 3.39. The Kier molecular flexibility index (Phi) is 2.86. The lowest BCUT2D eigenvalue weighted by Gasteiger charge is -2.02. The molecule has 8 heteroatoms. The molecule has 0 bridgehead atoms. The molecule has 2 N–H and O–H groups in total. The van der Waals surface area contributed by atoms with Gasteiger partial charge in [-0.15, -0.1) is 0 Å². The molecule has 0 saturated heterocycles. The molecule has 84 valence electrons. The van der Waals surface area contributed by atoms with Gasteiger partial charge in [-0.05, 0) is 6.92 Å². The Morgan fingerprint density at radius 1 is 1.62 bits per heavy atom. The molecule has 0 aliphatic heterocycles. The fourth-order valence-corrected chi connectivity index (χ4v) is 1.25. The number of rotatable bonds is 3. The second-order valence-electron chi connectivity index (χ2n) is 3.02. The van der Waals surface area contributed by atoms with Gasteiger partial charge in [0.1, 0.15) is 5.02 Å². The molecule has 2 rings (SSSR count). The first-order valence-corrected chi connectivity index (χ1v) is 4.81. The van der Waals surface area contributed by atoms with Gasteiger partial charge in [-0.25, -0.2) is 5.10 Å². The Morgan fingerprint density at radius 2 is 2.44 bits per heavy atom. The van der Waals surface area contributed by atoms with Crippen molar-refractivity contribution in [2.45, 2.75) is 13.5 Å². The van der Waals surface area contributed by atoms with Crippen molar-refractivity contribution in [3.63, 3.8) is 0 Å². The molecule has 0 atom stereocenters. The van der Waals surface area contributed by atoms with Crippen molar-refractivity contribution in [2.24, 2.45) is 0 Å². The number of anilines is 1.